The Labute approximate surface area is 80.9 Å². The number of likely N-dealkylation sites (tertiary alicyclic amines) is 2. The third-order valence-electron chi connectivity index (χ3n) is 3.61. The maximum absolute atomic E-state index is 6.21. The predicted octanol–water partition coefficient (Wildman–Crippen LogP) is -0.173. The molecule has 0 aliphatic carbocycles. The molecule has 0 aromatic carbocycles. The lowest BCUT2D eigenvalue weighted by Crippen LogP contribution is -2.62. The lowest BCUT2D eigenvalue weighted by molar-refractivity contribution is 0.0264. The summed E-state index contributed by atoms with van der Waals surface area (Å²) >= 11 is 0. The average Bonchev–Trinajstić information content (AvgIpc) is 2.07. The Morgan fingerprint density at radius 2 is 1.69 bits per heavy atom. The molecule has 2 N–H and O–H groups in total. The average molecular weight is 183 g/mol. The molecule has 2 aliphatic rings. The predicted molar refractivity (Wildman–Crippen MR) is 54.6 cm³/mol. The van der Waals surface area contributed by atoms with E-state index in [-0.39, 0.29) is 0 Å². The van der Waals surface area contributed by atoms with Gasteiger partial charge in [-0.25, -0.2) is 0 Å². The van der Waals surface area contributed by atoms with Crippen LogP contribution in [0.5, 0.6) is 0 Å². The molecule has 2 saturated heterocycles. The van der Waals surface area contributed by atoms with Gasteiger partial charge in [0.1, 0.15) is 0 Å². The topological polar surface area (TPSA) is 32.5 Å². The Hall–Kier alpha value is -0.120. The van der Waals surface area contributed by atoms with Crippen molar-refractivity contribution in [3.8, 4) is 0 Å². The quantitative estimate of drug-likeness (QED) is 0.612. The Kier molecular flexibility index (Phi) is 2.58. The van der Waals surface area contributed by atoms with E-state index >= 15 is 0 Å². The number of nitrogens with zero attached hydrogens (tertiary/aromatic N) is 2. The second-order valence-corrected chi connectivity index (χ2v) is 4.67. The summed E-state index contributed by atoms with van der Waals surface area (Å²) in [4.78, 5) is 4.98. The molecule has 3 heteroatoms. The first kappa shape index (κ1) is 9.44. The summed E-state index contributed by atoms with van der Waals surface area (Å²) in [5, 5.41) is 0. The van der Waals surface area contributed by atoms with Crippen molar-refractivity contribution in [3.63, 3.8) is 0 Å². The maximum atomic E-state index is 6.21. The van der Waals surface area contributed by atoms with E-state index in [0.717, 1.165) is 0 Å². The van der Waals surface area contributed by atoms with Crippen molar-refractivity contribution in [1.82, 2.24) is 9.80 Å². The van der Waals surface area contributed by atoms with E-state index in [2.05, 4.69) is 23.8 Å². The molecule has 2 heterocycles. The number of piperidine rings is 2. The second-order valence-electron chi connectivity index (χ2n) is 4.67. The highest BCUT2D eigenvalue weighted by Gasteiger charge is 2.38. The summed E-state index contributed by atoms with van der Waals surface area (Å²) < 4.78 is 0. The molecule has 2 aliphatic heterocycles. The van der Waals surface area contributed by atoms with Gasteiger partial charge < -0.3 is 15.5 Å². The standard InChI is InChI=1S/C10H21N3/c1-3-13-6-8-4-12(2)5-9(7-13)10(8)11/h8-10H,3-7,11H2,1-2H3. The van der Waals surface area contributed by atoms with Crippen LogP contribution in [0, 0.1) is 11.8 Å². The fourth-order valence-electron chi connectivity index (χ4n) is 2.86. The summed E-state index contributed by atoms with van der Waals surface area (Å²) in [6.45, 7) is 8.22. The first-order valence-electron chi connectivity index (χ1n) is 5.37. The van der Waals surface area contributed by atoms with Crippen LogP contribution >= 0.6 is 0 Å². The normalized spacial score (nSPS) is 42.2. The molecule has 3 nitrogen and oxygen atoms in total. The molecular formula is C10H21N3. The van der Waals surface area contributed by atoms with E-state index in [0.29, 0.717) is 17.9 Å². The fraction of sp³-hybridized carbons (Fsp3) is 1.00. The number of hydrogen-bond acceptors (Lipinski definition) is 3. The molecule has 2 atom stereocenters. The van der Waals surface area contributed by atoms with E-state index in [1.807, 2.05) is 0 Å². The van der Waals surface area contributed by atoms with Crippen LogP contribution in [0.1, 0.15) is 6.92 Å². The summed E-state index contributed by atoms with van der Waals surface area (Å²) in [6, 6.07) is 0.457. The maximum Gasteiger partial charge on any atom is 0.0145 e. The zero-order valence-corrected chi connectivity index (χ0v) is 8.74. The van der Waals surface area contributed by atoms with Crippen molar-refractivity contribution in [1.29, 1.82) is 0 Å². The minimum atomic E-state index is 0.457. The summed E-state index contributed by atoms with van der Waals surface area (Å²) in [7, 11) is 2.22. The third kappa shape index (κ3) is 1.73. The van der Waals surface area contributed by atoms with E-state index < -0.39 is 0 Å². The van der Waals surface area contributed by atoms with Gasteiger partial charge in [-0.3, -0.25) is 0 Å². The lowest BCUT2D eigenvalue weighted by atomic mass is 9.80. The third-order valence-corrected chi connectivity index (χ3v) is 3.61. The van der Waals surface area contributed by atoms with Crippen LogP contribution in [0.15, 0.2) is 0 Å². The fourth-order valence-corrected chi connectivity index (χ4v) is 2.86. The highest BCUT2D eigenvalue weighted by Crippen LogP contribution is 2.26. The minimum absolute atomic E-state index is 0.457. The molecule has 0 amide bonds. The van der Waals surface area contributed by atoms with Gasteiger partial charge in [-0.2, -0.15) is 0 Å². The molecule has 13 heavy (non-hydrogen) atoms. The van der Waals surface area contributed by atoms with Gasteiger partial charge in [0.15, 0.2) is 0 Å². The van der Waals surface area contributed by atoms with Crippen LogP contribution in [0.25, 0.3) is 0 Å². The zero-order chi connectivity index (χ0) is 9.42. The summed E-state index contributed by atoms with van der Waals surface area (Å²) in [5.74, 6) is 1.41. The van der Waals surface area contributed by atoms with Crippen molar-refractivity contribution in [2.45, 2.75) is 13.0 Å². The Bertz CT molecular complexity index is 167. The van der Waals surface area contributed by atoms with E-state index in [9.17, 15) is 0 Å². The van der Waals surface area contributed by atoms with Crippen molar-refractivity contribution >= 4 is 0 Å². The molecule has 0 aromatic rings. The first-order valence-corrected chi connectivity index (χ1v) is 5.37. The van der Waals surface area contributed by atoms with Crippen LogP contribution in [0.4, 0.5) is 0 Å². The van der Waals surface area contributed by atoms with Crippen LogP contribution in [-0.2, 0) is 0 Å². The van der Waals surface area contributed by atoms with Crippen LogP contribution in [0.2, 0.25) is 0 Å². The summed E-state index contributed by atoms with van der Waals surface area (Å²) in [5.41, 5.74) is 6.21. The van der Waals surface area contributed by atoms with E-state index in [1.54, 1.807) is 0 Å². The van der Waals surface area contributed by atoms with Gasteiger partial charge in [0.25, 0.3) is 0 Å². The molecule has 2 unspecified atom stereocenters. The second kappa shape index (κ2) is 3.56. The Morgan fingerprint density at radius 1 is 1.15 bits per heavy atom. The van der Waals surface area contributed by atoms with Crippen LogP contribution in [0.3, 0.4) is 0 Å². The Morgan fingerprint density at radius 3 is 2.15 bits per heavy atom. The molecule has 0 saturated carbocycles. The molecule has 2 bridgehead atoms. The van der Waals surface area contributed by atoms with Gasteiger partial charge in [0, 0.05) is 32.2 Å². The smallest absolute Gasteiger partial charge is 0.0145 e. The summed E-state index contributed by atoms with van der Waals surface area (Å²) in [6.07, 6.45) is 0. The van der Waals surface area contributed by atoms with Gasteiger partial charge in [0.2, 0.25) is 0 Å². The molecule has 76 valence electrons. The van der Waals surface area contributed by atoms with Crippen molar-refractivity contribution < 1.29 is 0 Å². The molecule has 0 aromatic heterocycles. The van der Waals surface area contributed by atoms with Gasteiger partial charge in [-0.1, -0.05) is 6.92 Å². The van der Waals surface area contributed by atoms with Gasteiger partial charge in [-0.05, 0) is 25.4 Å². The molecule has 0 spiro atoms. The minimum Gasteiger partial charge on any atom is -0.327 e. The number of nitrogens with two attached hydrogens (primary N) is 1. The van der Waals surface area contributed by atoms with E-state index in [1.165, 1.54) is 32.7 Å². The van der Waals surface area contributed by atoms with Crippen LogP contribution < -0.4 is 5.73 Å². The highest BCUT2D eigenvalue weighted by molar-refractivity contribution is 4.95. The molecule has 2 rings (SSSR count). The van der Waals surface area contributed by atoms with Crippen molar-refractivity contribution in [2.24, 2.45) is 17.6 Å². The first-order chi connectivity index (χ1) is 6.20. The van der Waals surface area contributed by atoms with Gasteiger partial charge >= 0.3 is 0 Å². The zero-order valence-electron chi connectivity index (χ0n) is 8.74. The SMILES string of the molecule is CCN1CC2CN(C)CC(C1)C2N. The highest BCUT2D eigenvalue weighted by atomic mass is 15.2. The molecular weight excluding hydrogens is 162 g/mol. The molecule has 2 fully saturated rings. The molecule has 0 radical (unpaired) electrons. The van der Waals surface area contributed by atoms with Crippen molar-refractivity contribution in [3.05, 3.63) is 0 Å². The number of fused-ring (bicyclic) bond motifs is 2. The number of hydrogen-bond donors (Lipinski definition) is 1. The van der Waals surface area contributed by atoms with Gasteiger partial charge in [0.05, 0.1) is 0 Å². The van der Waals surface area contributed by atoms with Crippen molar-refractivity contribution in [2.75, 3.05) is 39.8 Å². The monoisotopic (exact) mass is 183 g/mol. The largest absolute Gasteiger partial charge is 0.327 e. The van der Waals surface area contributed by atoms with E-state index in [4.69, 9.17) is 5.73 Å². The number of rotatable bonds is 1. The lowest BCUT2D eigenvalue weighted by Gasteiger charge is -2.48. The van der Waals surface area contributed by atoms with Gasteiger partial charge in [-0.15, -0.1) is 0 Å². The Balaban J connectivity index is 2.04. The van der Waals surface area contributed by atoms with Crippen LogP contribution in [-0.4, -0.2) is 55.6 Å².